The summed E-state index contributed by atoms with van der Waals surface area (Å²) in [4.78, 5) is 10.7. The fourth-order valence-corrected chi connectivity index (χ4v) is 0.813. The minimum absolute atomic E-state index is 0.00144. The van der Waals surface area contributed by atoms with Gasteiger partial charge in [-0.2, -0.15) is 5.26 Å². The number of amides is 1. The molecule has 1 saturated carbocycles. The molecule has 0 aromatic carbocycles. The molecule has 48 valence electrons. The average Bonchev–Trinajstić information content (AvgIpc) is 2.64. The molecule has 3 heteroatoms. The SMILES string of the molecule is CNC(=O)[C@H]1CC1C#N. The second kappa shape index (κ2) is 2.06. The second-order valence-electron chi connectivity index (χ2n) is 2.19. The van der Waals surface area contributed by atoms with Gasteiger partial charge in [0.15, 0.2) is 0 Å². The Morgan fingerprint density at radius 1 is 1.89 bits per heavy atom. The molecule has 0 spiro atoms. The highest BCUT2D eigenvalue weighted by atomic mass is 16.1. The third-order valence-electron chi connectivity index (χ3n) is 1.54. The van der Waals surface area contributed by atoms with E-state index in [1.54, 1.807) is 7.05 Å². The molecule has 0 heterocycles. The van der Waals surface area contributed by atoms with Crippen molar-refractivity contribution in [3.63, 3.8) is 0 Å². The van der Waals surface area contributed by atoms with Crippen molar-refractivity contribution < 1.29 is 4.79 Å². The van der Waals surface area contributed by atoms with Crippen LogP contribution < -0.4 is 5.32 Å². The van der Waals surface area contributed by atoms with E-state index in [-0.39, 0.29) is 17.7 Å². The van der Waals surface area contributed by atoms with E-state index in [1.165, 1.54) is 0 Å². The van der Waals surface area contributed by atoms with Gasteiger partial charge >= 0.3 is 0 Å². The number of nitrogens with zero attached hydrogens (tertiary/aromatic N) is 1. The first-order valence-electron chi connectivity index (χ1n) is 2.90. The van der Waals surface area contributed by atoms with Gasteiger partial charge in [-0.05, 0) is 6.42 Å². The van der Waals surface area contributed by atoms with Gasteiger partial charge in [-0.3, -0.25) is 4.79 Å². The summed E-state index contributed by atoms with van der Waals surface area (Å²) in [5, 5.41) is 10.8. The van der Waals surface area contributed by atoms with Gasteiger partial charge in [0.1, 0.15) is 0 Å². The van der Waals surface area contributed by atoms with Gasteiger partial charge in [-0.1, -0.05) is 0 Å². The Hall–Kier alpha value is -1.04. The molecule has 1 aliphatic rings. The van der Waals surface area contributed by atoms with Crippen molar-refractivity contribution in [2.24, 2.45) is 11.8 Å². The fraction of sp³-hybridized carbons (Fsp3) is 0.667. The van der Waals surface area contributed by atoms with Crippen LogP contribution in [0.3, 0.4) is 0 Å². The monoisotopic (exact) mass is 124 g/mol. The van der Waals surface area contributed by atoms with Crippen molar-refractivity contribution >= 4 is 5.91 Å². The number of hydrogen-bond acceptors (Lipinski definition) is 2. The Balaban J connectivity index is 2.36. The standard InChI is InChI=1S/C6H8N2O/c1-8-6(9)5-2-4(5)3-7/h4-5H,2H2,1H3,(H,8,9)/t4?,5-/m0/s1. The molecule has 0 radical (unpaired) electrons. The zero-order valence-electron chi connectivity index (χ0n) is 5.22. The molecule has 1 fully saturated rings. The molecule has 1 N–H and O–H groups in total. The summed E-state index contributed by atoms with van der Waals surface area (Å²) >= 11 is 0. The van der Waals surface area contributed by atoms with Crippen molar-refractivity contribution in [3.8, 4) is 6.07 Å². The zero-order chi connectivity index (χ0) is 6.85. The molecular weight excluding hydrogens is 116 g/mol. The van der Waals surface area contributed by atoms with E-state index < -0.39 is 0 Å². The van der Waals surface area contributed by atoms with Gasteiger partial charge in [0.25, 0.3) is 0 Å². The molecule has 3 nitrogen and oxygen atoms in total. The van der Waals surface area contributed by atoms with Crippen LogP contribution in [0.25, 0.3) is 0 Å². The van der Waals surface area contributed by atoms with Crippen molar-refractivity contribution in [3.05, 3.63) is 0 Å². The van der Waals surface area contributed by atoms with E-state index in [0.29, 0.717) is 0 Å². The summed E-state index contributed by atoms with van der Waals surface area (Å²) in [7, 11) is 1.59. The highest BCUT2D eigenvalue weighted by Crippen LogP contribution is 2.37. The van der Waals surface area contributed by atoms with Gasteiger partial charge < -0.3 is 5.32 Å². The number of nitriles is 1. The molecule has 1 aliphatic carbocycles. The van der Waals surface area contributed by atoms with Crippen LogP contribution in [0.15, 0.2) is 0 Å². The van der Waals surface area contributed by atoms with E-state index in [2.05, 4.69) is 5.32 Å². The Kier molecular flexibility index (Phi) is 1.39. The lowest BCUT2D eigenvalue weighted by atomic mass is 10.3. The topological polar surface area (TPSA) is 52.9 Å². The van der Waals surface area contributed by atoms with E-state index >= 15 is 0 Å². The third kappa shape index (κ3) is 1.02. The lowest BCUT2D eigenvalue weighted by Gasteiger charge is -1.91. The minimum Gasteiger partial charge on any atom is -0.359 e. The Bertz CT molecular complexity index is 170. The molecule has 0 bridgehead atoms. The van der Waals surface area contributed by atoms with Crippen LogP contribution in [-0.4, -0.2) is 13.0 Å². The number of carbonyl (C=O) groups excluding carboxylic acids is 1. The second-order valence-corrected chi connectivity index (χ2v) is 2.19. The highest BCUT2D eigenvalue weighted by molar-refractivity contribution is 5.81. The molecule has 1 amide bonds. The molecule has 1 unspecified atom stereocenters. The van der Waals surface area contributed by atoms with Crippen LogP contribution in [-0.2, 0) is 4.79 Å². The Morgan fingerprint density at radius 2 is 2.56 bits per heavy atom. The molecule has 0 aromatic rings. The van der Waals surface area contributed by atoms with Crippen LogP contribution in [0.4, 0.5) is 0 Å². The number of carbonyl (C=O) groups is 1. The Morgan fingerprint density at radius 3 is 2.89 bits per heavy atom. The highest BCUT2D eigenvalue weighted by Gasteiger charge is 2.42. The van der Waals surface area contributed by atoms with Crippen LogP contribution in [0.2, 0.25) is 0 Å². The normalized spacial score (nSPS) is 30.7. The van der Waals surface area contributed by atoms with Crippen molar-refractivity contribution in [1.82, 2.24) is 5.32 Å². The minimum atomic E-state index is -0.0139. The predicted molar refractivity (Wildman–Crippen MR) is 31.3 cm³/mol. The first-order chi connectivity index (χ1) is 4.29. The van der Waals surface area contributed by atoms with E-state index in [0.717, 1.165) is 6.42 Å². The lowest BCUT2D eigenvalue weighted by molar-refractivity contribution is -0.121. The smallest absolute Gasteiger partial charge is 0.224 e. The summed E-state index contributed by atoms with van der Waals surface area (Å²) in [5.74, 6) is -0.0218. The van der Waals surface area contributed by atoms with E-state index in [1.807, 2.05) is 6.07 Å². The molecule has 0 saturated heterocycles. The molecule has 0 aliphatic heterocycles. The number of hydrogen-bond donors (Lipinski definition) is 1. The van der Waals surface area contributed by atoms with Crippen molar-refractivity contribution in [2.75, 3.05) is 7.05 Å². The number of rotatable bonds is 1. The summed E-state index contributed by atoms with van der Waals surface area (Å²) in [6.45, 7) is 0. The van der Waals surface area contributed by atoms with Crippen LogP contribution >= 0.6 is 0 Å². The lowest BCUT2D eigenvalue weighted by Crippen LogP contribution is -2.20. The van der Waals surface area contributed by atoms with Gasteiger partial charge in [-0.15, -0.1) is 0 Å². The van der Waals surface area contributed by atoms with Gasteiger partial charge in [-0.25, -0.2) is 0 Å². The molecular formula is C6H8N2O. The molecule has 1 rings (SSSR count). The third-order valence-corrected chi connectivity index (χ3v) is 1.54. The Labute approximate surface area is 53.7 Å². The molecule has 9 heavy (non-hydrogen) atoms. The quantitative estimate of drug-likeness (QED) is 0.530. The summed E-state index contributed by atoms with van der Waals surface area (Å²) < 4.78 is 0. The summed E-state index contributed by atoms with van der Waals surface area (Å²) in [6.07, 6.45) is 0.746. The van der Waals surface area contributed by atoms with Crippen molar-refractivity contribution in [2.45, 2.75) is 6.42 Å². The van der Waals surface area contributed by atoms with E-state index in [4.69, 9.17) is 5.26 Å². The summed E-state index contributed by atoms with van der Waals surface area (Å²) in [6, 6.07) is 2.04. The van der Waals surface area contributed by atoms with Crippen molar-refractivity contribution in [1.29, 1.82) is 5.26 Å². The van der Waals surface area contributed by atoms with Crippen LogP contribution in [0.1, 0.15) is 6.42 Å². The first kappa shape index (κ1) is 6.09. The maximum Gasteiger partial charge on any atom is 0.224 e. The fourth-order valence-electron chi connectivity index (χ4n) is 0.813. The first-order valence-corrected chi connectivity index (χ1v) is 2.90. The van der Waals surface area contributed by atoms with E-state index in [9.17, 15) is 4.79 Å². The molecule has 2 atom stereocenters. The number of nitrogens with one attached hydrogen (secondary N) is 1. The van der Waals surface area contributed by atoms with Gasteiger partial charge in [0.05, 0.1) is 17.9 Å². The largest absolute Gasteiger partial charge is 0.359 e. The maximum absolute atomic E-state index is 10.7. The molecule has 0 aromatic heterocycles. The average molecular weight is 124 g/mol. The van der Waals surface area contributed by atoms with Crippen LogP contribution in [0.5, 0.6) is 0 Å². The van der Waals surface area contributed by atoms with Gasteiger partial charge in [0.2, 0.25) is 5.91 Å². The maximum atomic E-state index is 10.7. The zero-order valence-corrected chi connectivity index (χ0v) is 5.22. The predicted octanol–water partition coefficient (Wildman–Crippen LogP) is -0.108. The van der Waals surface area contributed by atoms with Gasteiger partial charge in [0, 0.05) is 7.05 Å². The van der Waals surface area contributed by atoms with Crippen LogP contribution in [0, 0.1) is 23.2 Å². The summed E-state index contributed by atoms with van der Waals surface area (Å²) in [5.41, 5.74) is 0.